The molecule has 2 unspecified atom stereocenters. The number of hydrogen-bond acceptors (Lipinski definition) is 1. The summed E-state index contributed by atoms with van der Waals surface area (Å²) in [6.07, 6.45) is 0. The van der Waals surface area contributed by atoms with Gasteiger partial charge in [0.1, 0.15) is 0 Å². The Morgan fingerprint density at radius 1 is 1.50 bits per heavy atom. The summed E-state index contributed by atoms with van der Waals surface area (Å²) >= 11 is -1.64. The minimum atomic E-state index is -1.64. The molecule has 0 aromatic heterocycles. The minimum absolute atomic E-state index is 0.137. The van der Waals surface area contributed by atoms with Crippen LogP contribution in [0.25, 0.3) is 0 Å². The summed E-state index contributed by atoms with van der Waals surface area (Å²) in [5, 5.41) is 0. The summed E-state index contributed by atoms with van der Waals surface area (Å²) in [5.74, 6) is 0.669. The van der Waals surface area contributed by atoms with Crippen LogP contribution in [0.1, 0.15) is 27.7 Å². The van der Waals surface area contributed by atoms with Gasteiger partial charge in [-0.05, 0) is 11.3 Å². The summed E-state index contributed by atoms with van der Waals surface area (Å²) < 4.78 is 18.9. The smallest absolute Gasteiger partial charge is 0.153 e. The summed E-state index contributed by atoms with van der Waals surface area (Å²) in [4.78, 5) is 0. The van der Waals surface area contributed by atoms with Crippen molar-refractivity contribution in [3.8, 4) is 0 Å². The zero-order valence-corrected chi connectivity index (χ0v) is 7.86. The van der Waals surface area contributed by atoms with Gasteiger partial charge in [-0.25, -0.2) is 4.21 Å². The predicted molar refractivity (Wildman–Crippen MR) is 44.3 cm³/mol. The van der Waals surface area contributed by atoms with Crippen molar-refractivity contribution in [1.82, 2.24) is 0 Å². The van der Waals surface area contributed by atoms with Crippen LogP contribution < -0.4 is 0 Å². The summed E-state index contributed by atoms with van der Waals surface area (Å²) in [6, 6.07) is 0. The van der Waals surface area contributed by atoms with Crippen LogP contribution in [0.15, 0.2) is 0 Å². The SMILES string of the molecule is CC(CS(=O)O)C(C)(C)C. The van der Waals surface area contributed by atoms with E-state index >= 15 is 0 Å². The molecule has 2 atom stereocenters. The average molecular weight is 164 g/mol. The fourth-order valence-corrected chi connectivity index (χ4v) is 1.39. The summed E-state index contributed by atoms with van der Waals surface area (Å²) in [5.41, 5.74) is 0.137. The molecule has 0 saturated heterocycles. The maximum Gasteiger partial charge on any atom is 0.153 e. The van der Waals surface area contributed by atoms with Crippen LogP contribution in [0, 0.1) is 11.3 Å². The molecule has 10 heavy (non-hydrogen) atoms. The van der Waals surface area contributed by atoms with Crippen molar-refractivity contribution in [1.29, 1.82) is 0 Å². The van der Waals surface area contributed by atoms with Crippen LogP contribution in [0.5, 0.6) is 0 Å². The Balaban J connectivity index is 3.85. The van der Waals surface area contributed by atoms with E-state index in [-0.39, 0.29) is 5.41 Å². The summed E-state index contributed by atoms with van der Waals surface area (Å²) in [7, 11) is 0. The molecule has 2 nitrogen and oxygen atoms in total. The molecule has 0 spiro atoms. The highest BCUT2D eigenvalue weighted by atomic mass is 32.2. The van der Waals surface area contributed by atoms with Crippen LogP contribution in [-0.4, -0.2) is 14.5 Å². The fourth-order valence-electron chi connectivity index (χ4n) is 0.464. The zero-order valence-electron chi connectivity index (χ0n) is 7.05. The van der Waals surface area contributed by atoms with Gasteiger partial charge < -0.3 is 4.55 Å². The molecule has 0 aliphatic rings. The first-order chi connectivity index (χ1) is 4.34. The Kier molecular flexibility index (Phi) is 3.52. The molecule has 0 saturated carbocycles. The van der Waals surface area contributed by atoms with Crippen molar-refractivity contribution in [2.24, 2.45) is 11.3 Å². The van der Waals surface area contributed by atoms with Crippen molar-refractivity contribution in [2.45, 2.75) is 27.7 Å². The van der Waals surface area contributed by atoms with Gasteiger partial charge >= 0.3 is 0 Å². The van der Waals surface area contributed by atoms with Crippen molar-refractivity contribution < 1.29 is 8.76 Å². The molecule has 0 bridgehead atoms. The molecule has 0 rings (SSSR count). The molecule has 0 aromatic rings. The van der Waals surface area contributed by atoms with Gasteiger partial charge in [-0.1, -0.05) is 27.7 Å². The molecule has 0 aliphatic carbocycles. The Labute approximate surface area is 65.3 Å². The first-order valence-corrected chi connectivity index (χ1v) is 4.69. The highest BCUT2D eigenvalue weighted by molar-refractivity contribution is 7.79. The van der Waals surface area contributed by atoms with E-state index in [0.717, 1.165) is 0 Å². The second kappa shape index (κ2) is 3.49. The molecule has 0 heterocycles. The molecule has 0 fully saturated rings. The molecule has 0 aliphatic heterocycles. The summed E-state index contributed by atoms with van der Waals surface area (Å²) in [6.45, 7) is 8.22. The van der Waals surface area contributed by atoms with Crippen LogP contribution in [0.2, 0.25) is 0 Å². The van der Waals surface area contributed by atoms with Gasteiger partial charge in [0, 0.05) is 0 Å². The Morgan fingerprint density at radius 2 is 1.90 bits per heavy atom. The maximum absolute atomic E-state index is 10.4. The van der Waals surface area contributed by atoms with Gasteiger partial charge in [-0.3, -0.25) is 0 Å². The lowest BCUT2D eigenvalue weighted by molar-refractivity contribution is 0.284. The van der Waals surface area contributed by atoms with Crippen molar-refractivity contribution in [2.75, 3.05) is 5.75 Å². The lowest BCUT2D eigenvalue weighted by atomic mass is 9.83. The van der Waals surface area contributed by atoms with E-state index in [1.54, 1.807) is 0 Å². The van der Waals surface area contributed by atoms with Crippen molar-refractivity contribution >= 4 is 11.1 Å². The molecule has 0 aromatic carbocycles. The standard InChI is InChI=1S/C7H16O2S/c1-6(5-10(8)9)7(2,3)4/h6H,5H2,1-4H3,(H,8,9). The fraction of sp³-hybridized carbons (Fsp3) is 1.00. The second-order valence-corrected chi connectivity index (χ2v) is 4.73. The van der Waals surface area contributed by atoms with E-state index in [9.17, 15) is 4.21 Å². The van der Waals surface area contributed by atoms with Crippen LogP contribution >= 0.6 is 0 Å². The van der Waals surface area contributed by atoms with E-state index in [1.807, 2.05) is 6.92 Å². The molecule has 62 valence electrons. The molecular weight excluding hydrogens is 148 g/mol. The zero-order chi connectivity index (χ0) is 8.36. The molecular formula is C7H16O2S. The monoisotopic (exact) mass is 164 g/mol. The first kappa shape index (κ1) is 10.1. The van der Waals surface area contributed by atoms with E-state index < -0.39 is 11.1 Å². The van der Waals surface area contributed by atoms with Gasteiger partial charge in [0.2, 0.25) is 0 Å². The van der Waals surface area contributed by atoms with Crippen molar-refractivity contribution in [3.05, 3.63) is 0 Å². The normalized spacial score (nSPS) is 18.5. The average Bonchev–Trinajstić information content (AvgIpc) is 1.60. The maximum atomic E-state index is 10.4. The van der Waals surface area contributed by atoms with Gasteiger partial charge in [-0.15, -0.1) is 0 Å². The van der Waals surface area contributed by atoms with Gasteiger partial charge in [0.05, 0.1) is 5.75 Å². The molecule has 0 radical (unpaired) electrons. The Hall–Kier alpha value is 0.110. The third-order valence-electron chi connectivity index (χ3n) is 1.87. The van der Waals surface area contributed by atoms with Gasteiger partial charge in [0.25, 0.3) is 0 Å². The number of rotatable bonds is 2. The molecule has 1 N–H and O–H groups in total. The lowest BCUT2D eigenvalue weighted by Gasteiger charge is -2.25. The van der Waals surface area contributed by atoms with Crippen LogP contribution in [0.3, 0.4) is 0 Å². The van der Waals surface area contributed by atoms with E-state index in [0.29, 0.717) is 11.7 Å². The third-order valence-corrected chi connectivity index (χ3v) is 2.66. The second-order valence-electron chi connectivity index (χ2n) is 3.76. The largest absolute Gasteiger partial charge is 0.306 e. The van der Waals surface area contributed by atoms with Crippen molar-refractivity contribution in [3.63, 3.8) is 0 Å². The topological polar surface area (TPSA) is 37.3 Å². The van der Waals surface area contributed by atoms with Gasteiger partial charge in [-0.2, -0.15) is 0 Å². The highest BCUT2D eigenvalue weighted by Crippen LogP contribution is 2.25. The minimum Gasteiger partial charge on any atom is -0.306 e. The Morgan fingerprint density at radius 3 is 2.00 bits per heavy atom. The lowest BCUT2D eigenvalue weighted by Crippen LogP contribution is -2.22. The quantitative estimate of drug-likeness (QED) is 0.633. The van der Waals surface area contributed by atoms with E-state index in [2.05, 4.69) is 20.8 Å². The Bertz CT molecular complexity index is 126. The van der Waals surface area contributed by atoms with E-state index in [4.69, 9.17) is 4.55 Å². The van der Waals surface area contributed by atoms with Gasteiger partial charge in [0.15, 0.2) is 11.1 Å². The predicted octanol–water partition coefficient (Wildman–Crippen LogP) is 1.89. The third kappa shape index (κ3) is 4.01. The highest BCUT2D eigenvalue weighted by Gasteiger charge is 2.21. The van der Waals surface area contributed by atoms with Crippen LogP contribution in [-0.2, 0) is 11.1 Å². The molecule has 3 heteroatoms. The van der Waals surface area contributed by atoms with E-state index in [1.165, 1.54) is 0 Å². The van der Waals surface area contributed by atoms with Crippen LogP contribution in [0.4, 0.5) is 0 Å². The number of hydrogen-bond donors (Lipinski definition) is 1. The first-order valence-electron chi connectivity index (χ1n) is 3.41. The molecule has 0 amide bonds.